The molecule has 0 N–H and O–H groups in total. The molecule has 1 aromatic rings. The number of benzene rings is 1. The van der Waals surface area contributed by atoms with Crippen molar-refractivity contribution in [3.05, 3.63) is 46.0 Å². The summed E-state index contributed by atoms with van der Waals surface area (Å²) in [6.45, 7) is 3.82. The van der Waals surface area contributed by atoms with Gasteiger partial charge in [0.05, 0.1) is 0 Å². The summed E-state index contributed by atoms with van der Waals surface area (Å²) in [6, 6.07) is 5.91. The summed E-state index contributed by atoms with van der Waals surface area (Å²) in [6.07, 6.45) is 2.83. The van der Waals surface area contributed by atoms with E-state index < -0.39 is 0 Å². The summed E-state index contributed by atoms with van der Waals surface area (Å²) < 4.78 is 0.958. The van der Waals surface area contributed by atoms with Crippen LogP contribution in [0.1, 0.15) is 28.8 Å². The second-order valence-corrected chi connectivity index (χ2v) is 4.50. The zero-order chi connectivity index (χ0) is 10.1. The lowest BCUT2D eigenvalue weighted by molar-refractivity contribution is 0.103. The molecule has 0 saturated heterocycles. The first-order valence-corrected chi connectivity index (χ1v) is 5.48. The summed E-state index contributed by atoms with van der Waals surface area (Å²) in [5.41, 5.74) is 2.71. The van der Waals surface area contributed by atoms with Gasteiger partial charge in [-0.15, -0.1) is 0 Å². The minimum atomic E-state index is 0.110. The lowest BCUT2D eigenvalue weighted by Gasteiger charge is -2.04. The molecule has 0 amide bonds. The minimum Gasteiger partial charge on any atom is -0.289 e. The predicted molar refractivity (Wildman–Crippen MR) is 60.6 cm³/mol. The summed E-state index contributed by atoms with van der Waals surface area (Å²) >= 11 is 3.38. The fourth-order valence-corrected chi connectivity index (χ4v) is 2.14. The molecule has 0 bridgehead atoms. The zero-order valence-corrected chi connectivity index (χ0v) is 9.43. The molecule has 14 heavy (non-hydrogen) atoms. The highest BCUT2D eigenvalue weighted by Gasteiger charge is 2.18. The van der Waals surface area contributed by atoms with Crippen LogP contribution in [0.5, 0.6) is 0 Å². The van der Waals surface area contributed by atoms with Gasteiger partial charge in [-0.25, -0.2) is 0 Å². The molecule has 0 radical (unpaired) electrons. The Morgan fingerprint density at radius 2 is 2.07 bits per heavy atom. The smallest absolute Gasteiger partial charge is 0.188 e. The molecule has 0 heterocycles. The van der Waals surface area contributed by atoms with Crippen LogP contribution >= 0.6 is 15.9 Å². The van der Waals surface area contributed by atoms with Crippen LogP contribution in [0.15, 0.2) is 34.8 Å². The normalized spacial score (nSPS) is 16.4. The molecule has 2 heteroatoms. The Labute approximate surface area is 92.0 Å². The Hall–Kier alpha value is -0.890. The number of aryl methyl sites for hydroxylation is 1. The molecule has 1 aliphatic rings. The van der Waals surface area contributed by atoms with E-state index in [2.05, 4.69) is 22.5 Å². The van der Waals surface area contributed by atoms with Gasteiger partial charge in [0, 0.05) is 10.0 Å². The lowest BCUT2D eigenvalue weighted by Crippen LogP contribution is -2.02. The molecule has 0 unspecified atom stereocenters. The maximum atomic E-state index is 11.9. The molecule has 0 spiro atoms. The maximum absolute atomic E-state index is 11.9. The highest BCUT2D eigenvalue weighted by atomic mass is 79.9. The molecule has 0 aliphatic heterocycles. The van der Waals surface area contributed by atoms with Crippen LogP contribution in [-0.2, 0) is 6.42 Å². The van der Waals surface area contributed by atoms with Gasteiger partial charge in [0.25, 0.3) is 0 Å². The van der Waals surface area contributed by atoms with E-state index in [1.165, 1.54) is 0 Å². The van der Waals surface area contributed by atoms with Crippen LogP contribution < -0.4 is 0 Å². The van der Waals surface area contributed by atoms with Crippen LogP contribution in [0.4, 0.5) is 0 Å². The largest absolute Gasteiger partial charge is 0.289 e. The van der Waals surface area contributed by atoms with Crippen LogP contribution in [-0.4, -0.2) is 5.78 Å². The number of allylic oxidation sites excluding steroid dienone is 1. The van der Waals surface area contributed by atoms with E-state index in [0.29, 0.717) is 0 Å². The van der Waals surface area contributed by atoms with Crippen LogP contribution in [0.25, 0.3) is 0 Å². The molecule has 2 rings (SSSR count). The first-order chi connectivity index (χ1) is 6.68. The SMILES string of the molecule is C=C1CCCc2ccc(Br)cc2C1=O. The summed E-state index contributed by atoms with van der Waals surface area (Å²) in [4.78, 5) is 11.9. The summed E-state index contributed by atoms with van der Waals surface area (Å²) in [5.74, 6) is 0.110. The van der Waals surface area contributed by atoms with Crippen molar-refractivity contribution < 1.29 is 4.79 Å². The highest BCUT2D eigenvalue weighted by Crippen LogP contribution is 2.25. The van der Waals surface area contributed by atoms with E-state index in [1.54, 1.807) is 0 Å². The molecule has 1 aliphatic carbocycles. The molecule has 0 saturated carbocycles. The van der Waals surface area contributed by atoms with E-state index in [4.69, 9.17) is 0 Å². The predicted octanol–water partition coefficient (Wildman–Crippen LogP) is 3.52. The fourth-order valence-electron chi connectivity index (χ4n) is 1.77. The van der Waals surface area contributed by atoms with Crippen molar-refractivity contribution in [2.24, 2.45) is 0 Å². The number of fused-ring (bicyclic) bond motifs is 1. The lowest BCUT2D eigenvalue weighted by atomic mass is 10.0. The van der Waals surface area contributed by atoms with Gasteiger partial charge >= 0.3 is 0 Å². The quantitative estimate of drug-likeness (QED) is 0.509. The molecule has 1 aromatic carbocycles. The van der Waals surface area contributed by atoms with Crippen molar-refractivity contribution in [3.63, 3.8) is 0 Å². The van der Waals surface area contributed by atoms with E-state index in [1.807, 2.05) is 18.2 Å². The van der Waals surface area contributed by atoms with E-state index in [9.17, 15) is 4.79 Å². The Balaban J connectivity index is 2.55. The second-order valence-electron chi connectivity index (χ2n) is 3.59. The van der Waals surface area contributed by atoms with Gasteiger partial charge in [0.1, 0.15) is 0 Å². The molecule has 1 nitrogen and oxygen atoms in total. The number of halogens is 1. The zero-order valence-electron chi connectivity index (χ0n) is 7.85. The second kappa shape index (κ2) is 3.70. The highest BCUT2D eigenvalue weighted by molar-refractivity contribution is 9.10. The Morgan fingerprint density at radius 3 is 2.86 bits per heavy atom. The molecular formula is C12H11BrO. The Morgan fingerprint density at radius 1 is 1.29 bits per heavy atom. The van der Waals surface area contributed by atoms with Crippen molar-refractivity contribution in [1.82, 2.24) is 0 Å². The first-order valence-electron chi connectivity index (χ1n) is 4.69. The topological polar surface area (TPSA) is 17.1 Å². The van der Waals surface area contributed by atoms with Gasteiger partial charge in [-0.3, -0.25) is 4.79 Å². The minimum absolute atomic E-state index is 0.110. The van der Waals surface area contributed by atoms with Crippen molar-refractivity contribution in [3.8, 4) is 0 Å². The summed E-state index contributed by atoms with van der Waals surface area (Å²) in [5, 5.41) is 0. The van der Waals surface area contributed by atoms with Gasteiger partial charge in [-0.05, 0) is 42.5 Å². The third-order valence-electron chi connectivity index (χ3n) is 2.56. The monoisotopic (exact) mass is 250 g/mol. The number of hydrogen-bond acceptors (Lipinski definition) is 1. The van der Waals surface area contributed by atoms with Gasteiger partial charge in [0.2, 0.25) is 0 Å². The van der Waals surface area contributed by atoms with Crippen LogP contribution in [0, 0.1) is 0 Å². The number of hydrogen-bond donors (Lipinski definition) is 0. The third kappa shape index (κ3) is 1.67. The van der Waals surface area contributed by atoms with Crippen molar-refractivity contribution in [1.29, 1.82) is 0 Å². The van der Waals surface area contributed by atoms with Gasteiger partial charge < -0.3 is 0 Å². The molecular weight excluding hydrogens is 240 g/mol. The number of carbonyl (C=O) groups excluding carboxylic acids is 1. The van der Waals surface area contributed by atoms with Gasteiger partial charge in [0.15, 0.2) is 5.78 Å². The Kier molecular flexibility index (Phi) is 2.55. The van der Waals surface area contributed by atoms with Crippen molar-refractivity contribution in [2.45, 2.75) is 19.3 Å². The number of carbonyl (C=O) groups is 1. The first kappa shape index (κ1) is 9.66. The molecule has 0 aromatic heterocycles. The van der Waals surface area contributed by atoms with Crippen LogP contribution in [0.2, 0.25) is 0 Å². The van der Waals surface area contributed by atoms with Gasteiger partial charge in [-0.1, -0.05) is 28.6 Å². The van der Waals surface area contributed by atoms with Gasteiger partial charge in [-0.2, -0.15) is 0 Å². The summed E-state index contributed by atoms with van der Waals surface area (Å²) in [7, 11) is 0. The van der Waals surface area contributed by atoms with Crippen molar-refractivity contribution >= 4 is 21.7 Å². The van der Waals surface area contributed by atoms with Crippen molar-refractivity contribution in [2.75, 3.05) is 0 Å². The average Bonchev–Trinajstić information content (AvgIpc) is 2.30. The third-order valence-corrected chi connectivity index (χ3v) is 3.06. The molecule has 0 atom stereocenters. The van der Waals surface area contributed by atoms with E-state index in [0.717, 1.165) is 40.4 Å². The fraction of sp³-hybridized carbons (Fsp3) is 0.250. The standard InChI is InChI=1S/C12H11BrO/c1-8-3-2-4-9-5-6-10(13)7-11(9)12(8)14/h5-7H,1-4H2. The average molecular weight is 251 g/mol. The number of Topliss-reactive ketones (excluding diaryl/α,β-unsaturated/α-hetero) is 1. The number of ketones is 1. The molecule has 72 valence electrons. The maximum Gasteiger partial charge on any atom is 0.188 e. The van der Waals surface area contributed by atoms with Crippen LogP contribution in [0.3, 0.4) is 0 Å². The number of rotatable bonds is 0. The molecule has 0 fully saturated rings. The van der Waals surface area contributed by atoms with E-state index in [-0.39, 0.29) is 5.78 Å². The van der Waals surface area contributed by atoms with E-state index >= 15 is 0 Å². The Bertz CT molecular complexity index is 407.